The Balaban J connectivity index is 1.94. The molecule has 0 atom stereocenters. The summed E-state index contributed by atoms with van der Waals surface area (Å²) < 4.78 is 37.6. The first-order valence-corrected chi connectivity index (χ1v) is 6.12. The molecule has 2 nitrogen and oxygen atoms in total. The number of benzene rings is 2. The predicted octanol–water partition coefficient (Wildman–Crippen LogP) is 4.90. The third-order valence-corrected chi connectivity index (χ3v) is 2.74. The Morgan fingerprint density at radius 2 is 1.80 bits per heavy atom. The lowest BCUT2D eigenvalue weighted by Crippen LogP contribution is -2.06. The second kappa shape index (κ2) is 6.15. The summed E-state index contributed by atoms with van der Waals surface area (Å²) in [5, 5.41) is 0.540. The van der Waals surface area contributed by atoms with Gasteiger partial charge >= 0.3 is 6.18 Å². The van der Waals surface area contributed by atoms with E-state index in [2.05, 4.69) is 5.48 Å². The SMILES string of the molecule is FC(F)(F)c1cccc(CONc2cccc(Cl)c2)c1. The molecule has 0 amide bonds. The summed E-state index contributed by atoms with van der Waals surface area (Å²) >= 11 is 5.79. The van der Waals surface area contributed by atoms with Gasteiger partial charge in [-0.3, -0.25) is 10.3 Å². The van der Waals surface area contributed by atoms with E-state index in [0.29, 0.717) is 16.3 Å². The molecule has 2 aromatic rings. The average molecular weight is 302 g/mol. The number of alkyl halides is 3. The van der Waals surface area contributed by atoms with Crippen LogP contribution in [-0.2, 0) is 17.6 Å². The largest absolute Gasteiger partial charge is 0.416 e. The van der Waals surface area contributed by atoms with E-state index in [1.165, 1.54) is 6.07 Å². The fourth-order valence-electron chi connectivity index (χ4n) is 1.59. The van der Waals surface area contributed by atoms with E-state index in [4.69, 9.17) is 16.4 Å². The van der Waals surface area contributed by atoms with Gasteiger partial charge in [-0.2, -0.15) is 13.2 Å². The lowest BCUT2D eigenvalue weighted by molar-refractivity contribution is -0.137. The maximum absolute atomic E-state index is 12.5. The number of rotatable bonds is 4. The molecule has 2 aromatic carbocycles. The lowest BCUT2D eigenvalue weighted by Gasteiger charge is -2.10. The van der Waals surface area contributed by atoms with Crippen molar-refractivity contribution in [1.29, 1.82) is 0 Å². The van der Waals surface area contributed by atoms with Gasteiger partial charge < -0.3 is 0 Å². The minimum absolute atomic E-state index is 0.0104. The van der Waals surface area contributed by atoms with Crippen molar-refractivity contribution in [2.45, 2.75) is 12.8 Å². The Labute approximate surface area is 119 Å². The van der Waals surface area contributed by atoms with E-state index < -0.39 is 11.7 Å². The standard InChI is InChI=1S/C14H11ClF3NO/c15-12-5-2-6-13(8-12)19-20-9-10-3-1-4-11(7-10)14(16,17)18/h1-8,19H,9H2. The molecule has 0 aliphatic carbocycles. The zero-order chi connectivity index (χ0) is 14.6. The molecule has 0 radical (unpaired) electrons. The van der Waals surface area contributed by atoms with Crippen LogP contribution in [0.25, 0.3) is 0 Å². The van der Waals surface area contributed by atoms with Crippen molar-refractivity contribution >= 4 is 17.3 Å². The highest BCUT2D eigenvalue weighted by molar-refractivity contribution is 6.30. The third kappa shape index (κ3) is 4.15. The highest BCUT2D eigenvalue weighted by Gasteiger charge is 2.30. The molecular formula is C14H11ClF3NO. The average Bonchev–Trinajstić information content (AvgIpc) is 2.38. The minimum atomic E-state index is -4.35. The highest BCUT2D eigenvalue weighted by atomic mass is 35.5. The highest BCUT2D eigenvalue weighted by Crippen LogP contribution is 2.29. The minimum Gasteiger partial charge on any atom is -0.271 e. The molecule has 0 saturated heterocycles. The third-order valence-electron chi connectivity index (χ3n) is 2.51. The first-order chi connectivity index (χ1) is 9.45. The molecule has 20 heavy (non-hydrogen) atoms. The van der Waals surface area contributed by atoms with Crippen molar-refractivity contribution in [3.8, 4) is 0 Å². The smallest absolute Gasteiger partial charge is 0.271 e. The molecular weight excluding hydrogens is 291 g/mol. The normalized spacial score (nSPS) is 11.4. The maximum atomic E-state index is 12.5. The molecule has 106 valence electrons. The van der Waals surface area contributed by atoms with E-state index in [9.17, 15) is 13.2 Å². The van der Waals surface area contributed by atoms with Crippen LogP contribution >= 0.6 is 11.6 Å². The van der Waals surface area contributed by atoms with Crippen molar-refractivity contribution < 1.29 is 18.0 Å². The van der Waals surface area contributed by atoms with Gasteiger partial charge in [-0.1, -0.05) is 29.8 Å². The van der Waals surface area contributed by atoms with E-state index in [0.717, 1.165) is 12.1 Å². The van der Waals surface area contributed by atoms with Gasteiger partial charge in [0.15, 0.2) is 0 Å². The molecule has 0 aromatic heterocycles. The quantitative estimate of drug-likeness (QED) is 0.811. The number of hydrogen-bond donors (Lipinski definition) is 1. The van der Waals surface area contributed by atoms with Crippen LogP contribution in [0.1, 0.15) is 11.1 Å². The van der Waals surface area contributed by atoms with Crippen LogP contribution in [0, 0.1) is 0 Å². The summed E-state index contributed by atoms with van der Waals surface area (Å²) in [6.07, 6.45) is -4.35. The van der Waals surface area contributed by atoms with E-state index in [-0.39, 0.29) is 6.61 Å². The van der Waals surface area contributed by atoms with Crippen LogP contribution in [0.5, 0.6) is 0 Å². The second-order valence-electron chi connectivity index (χ2n) is 4.10. The molecule has 0 bridgehead atoms. The van der Waals surface area contributed by atoms with E-state index in [1.807, 2.05) is 0 Å². The van der Waals surface area contributed by atoms with Crippen LogP contribution in [0.3, 0.4) is 0 Å². The first kappa shape index (κ1) is 14.7. The summed E-state index contributed by atoms with van der Waals surface area (Å²) in [6, 6.07) is 11.8. The molecule has 0 spiro atoms. The van der Waals surface area contributed by atoms with E-state index >= 15 is 0 Å². The zero-order valence-electron chi connectivity index (χ0n) is 10.2. The van der Waals surface area contributed by atoms with Crippen molar-refractivity contribution in [2.24, 2.45) is 0 Å². The van der Waals surface area contributed by atoms with Gasteiger partial charge in [0.05, 0.1) is 17.9 Å². The fourth-order valence-corrected chi connectivity index (χ4v) is 1.78. The van der Waals surface area contributed by atoms with Crippen molar-refractivity contribution in [1.82, 2.24) is 0 Å². The van der Waals surface area contributed by atoms with Gasteiger partial charge in [-0.15, -0.1) is 0 Å². The topological polar surface area (TPSA) is 21.3 Å². The lowest BCUT2D eigenvalue weighted by atomic mass is 10.1. The molecule has 0 fully saturated rings. The number of nitrogens with one attached hydrogen (secondary N) is 1. The van der Waals surface area contributed by atoms with Gasteiger partial charge in [-0.05, 0) is 35.9 Å². The Morgan fingerprint density at radius 1 is 1.05 bits per heavy atom. The molecule has 0 unspecified atom stereocenters. The van der Waals surface area contributed by atoms with Crippen LogP contribution in [-0.4, -0.2) is 0 Å². The molecule has 0 heterocycles. The van der Waals surface area contributed by atoms with Crippen molar-refractivity contribution in [3.05, 3.63) is 64.7 Å². The first-order valence-electron chi connectivity index (χ1n) is 5.75. The molecule has 2 rings (SSSR count). The second-order valence-corrected chi connectivity index (χ2v) is 4.54. The summed E-state index contributed by atoms with van der Waals surface area (Å²) in [4.78, 5) is 5.15. The van der Waals surface area contributed by atoms with Gasteiger partial charge in [0.1, 0.15) is 0 Å². The number of halogens is 4. The predicted molar refractivity (Wildman–Crippen MR) is 71.3 cm³/mol. The Morgan fingerprint density at radius 3 is 2.50 bits per heavy atom. The fraction of sp³-hybridized carbons (Fsp3) is 0.143. The van der Waals surface area contributed by atoms with Gasteiger partial charge in [0.25, 0.3) is 0 Å². The summed E-state index contributed by atoms with van der Waals surface area (Å²) in [6.45, 7) is 0.0104. The van der Waals surface area contributed by atoms with Crippen LogP contribution in [0.2, 0.25) is 5.02 Å². The summed E-state index contributed by atoms with van der Waals surface area (Å²) in [5.41, 5.74) is 2.99. The molecule has 6 heteroatoms. The number of hydrogen-bond acceptors (Lipinski definition) is 2. The van der Waals surface area contributed by atoms with Crippen LogP contribution in [0.15, 0.2) is 48.5 Å². The number of anilines is 1. The van der Waals surface area contributed by atoms with Crippen LogP contribution < -0.4 is 5.48 Å². The van der Waals surface area contributed by atoms with Crippen molar-refractivity contribution in [2.75, 3.05) is 5.48 Å². The zero-order valence-corrected chi connectivity index (χ0v) is 11.0. The van der Waals surface area contributed by atoms with Gasteiger partial charge in [-0.25, -0.2) is 0 Å². The molecule has 0 aliphatic heterocycles. The molecule has 0 aliphatic rings. The summed E-state index contributed by atoms with van der Waals surface area (Å²) in [7, 11) is 0. The van der Waals surface area contributed by atoms with Crippen LogP contribution in [0.4, 0.5) is 18.9 Å². The summed E-state index contributed by atoms with van der Waals surface area (Å²) in [5.74, 6) is 0. The monoisotopic (exact) mass is 301 g/mol. The van der Waals surface area contributed by atoms with Crippen molar-refractivity contribution in [3.63, 3.8) is 0 Å². The van der Waals surface area contributed by atoms with Gasteiger partial charge in [0, 0.05) is 5.02 Å². The Bertz CT molecular complexity index is 587. The molecule has 1 N–H and O–H groups in total. The Hall–Kier alpha value is -1.72. The van der Waals surface area contributed by atoms with Gasteiger partial charge in [0.2, 0.25) is 0 Å². The maximum Gasteiger partial charge on any atom is 0.416 e. The van der Waals surface area contributed by atoms with E-state index in [1.54, 1.807) is 30.3 Å². The molecule has 0 saturated carbocycles. The Kier molecular flexibility index (Phi) is 4.52.